The Morgan fingerprint density at radius 3 is 2.50 bits per heavy atom. The Labute approximate surface area is 101 Å². The molecular formula is C14H28N2. The van der Waals surface area contributed by atoms with Crippen LogP contribution < -0.4 is 5.32 Å². The Balaban J connectivity index is 1.75. The summed E-state index contributed by atoms with van der Waals surface area (Å²) in [5.74, 6) is 1.93. The largest absolute Gasteiger partial charge is 0.314 e. The van der Waals surface area contributed by atoms with Gasteiger partial charge in [-0.3, -0.25) is 0 Å². The molecule has 0 aromatic rings. The molecule has 0 bridgehead atoms. The summed E-state index contributed by atoms with van der Waals surface area (Å²) in [5, 5.41) is 3.68. The number of nitrogens with zero attached hydrogens (tertiary/aromatic N) is 1. The van der Waals surface area contributed by atoms with Crippen LogP contribution in [0.1, 0.15) is 45.4 Å². The monoisotopic (exact) mass is 224 g/mol. The first-order chi connectivity index (χ1) is 7.79. The molecule has 0 aliphatic heterocycles. The molecule has 2 aliphatic carbocycles. The molecule has 1 N–H and O–H groups in total. The van der Waals surface area contributed by atoms with Gasteiger partial charge in [-0.05, 0) is 51.1 Å². The highest BCUT2D eigenvalue weighted by molar-refractivity contribution is 4.84. The fraction of sp³-hybridized carbons (Fsp3) is 1.00. The second kappa shape index (κ2) is 6.02. The van der Waals surface area contributed by atoms with Crippen molar-refractivity contribution in [2.75, 3.05) is 26.7 Å². The first kappa shape index (κ1) is 12.4. The minimum atomic E-state index is 0.792. The molecule has 0 amide bonds. The van der Waals surface area contributed by atoms with Crippen molar-refractivity contribution < 1.29 is 0 Å². The lowest BCUT2D eigenvalue weighted by Gasteiger charge is -2.35. The maximum absolute atomic E-state index is 3.68. The molecule has 16 heavy (non-hydrogen) atoms. The van der Waals surface area contributed by atoms with Crippen molar-refractivity contribution >= 4 is 0 Å². The van der Waals surface area contributed by atoms with Crippen LogP contribution in [0.25, 0.3) is 0 Å². The summed E-state index contributed by atoms with van der Waals surface area (Å²) in [6.45, 7) is 6.02. The third kappa shape index (κ3) is 3.74. The average molecular weight is 224 g/mol. The van der Waals surface area contributed by atoms with Gasteiger partial charge in [0.05, 0.1) is 0 Å². The maximum Gasteiger partial charge on any atom is 0.0107 e. The Kier molecular flexibility index (Phi) is 4.66. The summed E-state index contributed by atoms with van der Waals surface area (Å²) in [7, 11) is 2.32. The summed E-state index contributed by atoms with van der Waals surface area (Å²) in [5.41, 5.74) is 0. The van der Waals surface area contributed by atoms with Crippen molar-refractivity contribution in [3.05, 3.63) is 0 Å². The van der Waals surface area contributed by atoms with E-state index in [-0.39, 0.29) is 0 Å². The summed E-state index contributed by atoms with van der Waals surface area (Å²) in [6, 6.07) is 0.792. The average Bonchev–Trinajstić information content (AvgIpc) is 3.05. The van der Waals surface area contributed by atoms with E-state index in [1.165, 1.54) is 51.6 Å². The first-order valence-electron chi connectivity index (χ1n) is 7.21. The molecule has 0 aromatic heterocycles. The fourth-order valence-electron chi connectivity index (χ4n) is 3.17. The summed E-state index contributed by atoms with van der Waals surface area (Å²) in [4.78, 5) is 2.58. The molecule has 2 fully saturated rings. The van der Waals surface area contributed by atoms with Crippen molar-refractivity contribution in [1.82, 2.24) is 10.2 Å². The predicted octanol–water partition coefficient (Wildman–Crippen LogP) is 2.50. The second-order valence-corrected chi connectivity index (χ2v) is 5.87. The van der Waals surface area contributed by atoms with Gasteiger partial charge < -0.3 is 10.2 Å². The summed E-state index contributed by atoms with van der Waals surface area (Å²) >= 11 is 0. The maximum atomic E-state index is 3.68. The van der Waals surface area contributed by atoms with Crippen LogP contribution in [0.4, 0.5) is 0 Å². The lowest BCUT2D eigenvalue weighted by atomic mass is 9.84. The van der Waals surface area contributed by atoms with Gasteiger partial charge in [0.2, 0.25) is 0 Å². The minimum absolute atomic E-state index is 0.792. The van der Waals surface area contributed by atoms with Gasteiger partial charge in [0, 0.05) is 19.1 Å². The third-order valence-electron chi connectivity index (χ3n) is 4.19. The number of nitrogens with one attached hydrogen (secondary N) is 1. The van der Waals surface area contributed by atoms with E-state index in [1.807, 2.05) is 0 Å². The minimum Gasteiger partial charge on any atom is -0.314 e. The van der Waals surface area contributed by atoms with Crippen LogP contribution in [-0.4, -0.2) is 37.6 Å². The van der Waals surface area contributed by atoms with Gasteiger partial charge in [-0.2, -0.15) is 0 Å². The Hall–Kier alpha value is -0.0800. The molecule has 2 heteroatoms. The smallest absolute Gasteiger partial charge is 0.0107 e. The molecule has 94 valence electrons. The van der Waals surface area contributed by atoms with Crippen molar-refractivity contribution in [2.45, 2.75) is 51.5 Å². The molecule has 2 rings (SSSR count). The predicted molar refractivity (Wildman–Crippen MR) is 69.6 cm³/mol. The van der Waals surface area contributed by atoms with Crippen LogP contribution in [0, 0.1) is 11.8 Å². The zero-order valence-electron chi connectivity index (χ0n) is 11.0. The lowest BCUT2D eigenvalue weighted by Crippen LogP contribution is -2.43. The van der Waals surface area contributed by atoms with E-state index in [9.17, 15) is 0 Å². The van der Waals surface area contributed by atoms with Crippen LogP contribution in [0.2, 0.25) is 0 Å². The molecule has 2 saturated carbocycles. The van der Waals surface area contributed by atoms with Crippen molar-refractivity contribution in [3.63, 3.8) is 0 Å². The highest BCUT2D eigenvalue weighted by Gasteiger charge is 2.28. The summed E-state index contributed by atoms with van der Waals surface area (Å²) < 4.78 is 0. The second-order valence-electron chi connectivity index (χ2n) is 5.87. The third-order valence-corrected chi connectivity index (χ3v) is 4.19. The first-order valence-corrected chi connectivity index (χ1v) is 7.21. The Morgan fingerprint density at radius 1 is 1.06 bits per heavy atom. The number of hydrogen-bond donors (Lipinski definition) is 1. The molecule has 2 unspecified atom stereocenters. The van der Waals surface area contributed by atoms with Gasteiger partial charge >= 0.3 is 0 Å². The van der Waals surface area contributed by atoms with Crippen LogP contribution in [0.5, 0.6) is 0 Å². The van der Waals surface area contributed by atoms with Crippen molar-refractivity contribution in [2.24, 2.45) is 11.8 Å². The van der Waals surface area contributed by atoms with E-state index in [1.54, 1.807) is 0 Å². The molecule has 2 aliphatic rings. The quantitative estimate of drug-likeness (QED) is 0.746. The van der Waals surface area contributed by atoms with Gasteiger partial charge in [0.15, 0.2) is 0 Å². The van der Waals surface area contributed by atoms with Crippen LogP contribution >= 0.6 is 0 Å². The molecule has 2 nitrogen and oxygen atoms in total. The Morgan fingerprint density at radius 2 is 1.81 bits per heavy atom. The van der Waals surface area contributed by atoms with Crippen molar-refractivity contribution in [1.29, 1.82) is 0 Å². The summed E-state index contributed by atoms with van der Waals surface area (Å²) in [6.07, 6.45) is 8.67. The van der Waals surface area contributed by atoms with E-state index in [0.717, 1.165) is 24.4 Å². The van der Waals surface area contributed by atoms with E-state index in [4.69, 9.17) is 0 Å². The zero-order chi connectivity index (χ0) is 11.4. The number of hydrogen-bond acceptors (Lipinski definition) is 2. The molecule has 0 aromatic carbocycles. The van der Waals surface area contributed by atoms with Gasteiger partial charge in [-0.1, -0.05) is 19.8 Å². The van der Waals surface area contributed by atoms with Gasteiger partial charge in [0.25, 0.3) is 0 Å². The van der Waals surface area contributed by atoms with Crippen LogP contribution in [0.3, 0.4) is 0 Å². The van der Waals surface area contributed by atoms with Gasteiger partial charge in [-0.25, -0.2) is 0 Å². The van der Waals surface area contributed by atoms with E-state index in [0.29, 0.717) is 0 Å². The van der Waals surface area contributed by atoms with Crippen molar-refractivity contribution in [3.8, 4) is 0 Å². The zero-order valence-corrected chi connectivity index (χ0v) is 11.0. The van der Waals surface area contributed by atoms with E-state index < -0.39 is 0 Å². The molecule has 0 radical (unpaired) electrons. The fourth-order valence-corrected chi connectivity index (χ4v) is 3.17. The Bertz CT molecular complexity index is 199. The lowest BCUT2D eigenvalue weighted by molar-refractivity contribution is 0.187. The van der Waals surface area contributed by atoms with Crippen LogP contribution in [0.15, 0.2) is 0 Å². The molecule has 2 atom stereocenters. The highest BCUT2D eigenvalue weighted by Crippen LogP contribution is 2.30. The standard InChI is InChI=1S/C14H28N2/c1-3-15-14-7-5-4-6-13(14)11-16(2)10-12-8-9-12/h12-15H,3-11H2,1-2H3. The molecule has 0 saturated heterocycles. The molecular weight excluding hydrogens is 196 g/mol. The normalized spacial score (nSPS) is 30.9. The SMILES string of the molecule is CCNC1CCCCC1CN(C)CC1CC1. The van der Waals surface area contributed by atoms with Crippen LogP contribution in [-0.2, 0) is 0 Å². The topological polar surface area (TPSA) is 15.3 Å². The molecule has 0 heterocycles. The van der Waals surface area contributed by atoms with Gasteiger partial charge in [0.1, 0.15) is 0 Å². The molecule has 0 spiro atoms. The van der Waals surface area contributed by atoms with E-state index in [2.05, 4.69) is 24.2 Å². The van der Waals surface area contributed by atoms with Gasteiger partial charge in [-0.15, -0.1) is 0 Å². The highest BCUT2D eigenvalue weighted by atomic mass is 15.1. The number of rotatable bonds is 6. The van der Waals surface area contributed by atoms with E-state index >= 15 is 0 Å².